The molecule has 3 N–H and O–H groups in total. The summed E-state index contributed by atoms with van der Waals surface area (Å²) in [5, 5.41) is 13.4. The van der Waals surface area contributed by atoms with Gasteiger partial charge < -0.3 is 20.0 Å². The molecule has 1 aliphatic rings. The van der Waals surface area contributed by atoms with Gasteiger partial charge >= 0.3 is 0 Å². The molecule has 3 rings (SSSR count). The molecule has 5 nitrogen and oxygen atoms in total. The predicted octanol–water partition coefficient (Wildman–Crippen LogP) is 2.18. The van der Waals surface area contributed by atoms with Crippen LogP contribution in [0.25, 0.3) is 11.0 Å². The summed E-state index contributed by atoms with van der Waals surface area (Å²) in [6, 6.07) is 3.79. The minimum absolute atomic E-state index is 0.155. The number of rotatable bonds is 3. The standard InChI is InChI=1S/C16H23N3O2/c1-11-4-3-6-16(21,9-11)10-17-15(20)13-8-14-12(18-13)5-7-19(14)2/h5,7-8,11,18,21H,3-4,6,9-10H2,1-2H3,(H,17,20). The summed E-state index contributed by atoms with van der Waals surface area (Å²) in [6.45, 7) is 2.48. The second-order valence-corrected chi connectivity index (χ2v) is 6.52. The van der Waals surface area contributed by atoms with Crippen LogP contribution in [0, 0.1) is 5.92 Å². The van der Waals surface area contributed by atoms with E-state index in [9.17, 15) is 9.90 Å². The van der Waals surface area contributed by atoms with Crippen molar-refractivity contribution in [3.05, 3.63) is 24.0 Å². The van der Waals surface area contributed by atoms with E-state index >= 15 is 0 Å². The molecule has 5 heteroatoms. The maximum atomic E-state index is 12.2. The van der Waals surface area contributed by atoms with Crippen molar-refractivity contribution in [1.29, 1.82) is 0 Å². The van der Waals surface area contributed by atoms with Gasteiger partial charge in [-0.2, -0.15) is 0 Å². The Kier molecular flexibility index (Phi) is 3.53. The lowest BCUT2D eigenvalue weighted by molar-refractivity contribution is -0.0109. The first-order chi connectivity index (χ1) is 9.97. The Balaban J connectivity index is 1.65. The second-order valence-electron chi connectivity index (χ2n) is 6.52. The van der Waals surface area contributed by atoms with Crippen LogP contribution in [-0.4, -0.2) is 32.7 Å². The van der Waals surface area contributed by atoms with Crippen LogP contribution in [0.2, 0.25) is 0 Å². The van der Waals surface area contributed by atoms with Crippen molar-refractivity contribution < 1.29 is 9.90 Å². The molecule has 0 radical (unpaired) electrons. The second kappa shape index (κ2) is 5.22. The number of fused-ring (bicyclic) bond motifs is 1. The number of nitrogens with one attached hydrogen (secondary N) is 2. The SMILES string of the molecule is CC1CCCC(O)(CNC(=O)c2cc3c(ccn3C)[nH]2)C1. The van der Waals surface area contributed by atoms with Gasteiger partial charge in [-0.15, -0.1) is 0 Å². The highest BCUT2D eigenvalue weighted by atomic mass is 16.3. The zero-order valence-electron chi connectivity index (χ0n) is 12.6. The highest BCUT2D eigenvalue weighted by molar-refractivity contribution is 5.97. The number of H-pyrrole nitrogens is 1. The van der Waals surface area contributed by atoms with Crippen LogP contribution < -0.4 is 5.32 Å². The molecule has 2 unspecified atom stereocenters. The highest BCUT2D eigenvalue weighted by Crippen LogP contribution is 2.31. The number of aromatic nitrogens is 2. The quantitative estimate of drug-likeness (QED) is 0.810. The highest BCUT2D eigenvalue weighted by Gasteiger charge is 2.33. The number of nitrogens with zero attached hydrogens (tertiary/aromatic N) is 1. The van der Waals surface area contributed by atoms with E-state index < -0.39 is 5.60 Å². The molecule has 0 aliphatic heterocycles. The largest absolute Gasteiger partial charge is 0.388 e. The number of amides is 1. The first kappa shape index (κ1) is 14.2. The number of hydrogen-bond donors (Lipinski definition) is 3. The van der Waals surface area contributed by atoms with Crippen molar-refractivity contribution in [3.8, 4) is 0 Å². The summed E-state index contributed by atoms with van der Waals surface area (Å²) in [7, 11) is 1.95. The van der Waals surface area contributed by atoms with Gasteiger partial charge in [-0.05, 0) is 30.9 Å². The third-order valence-corrected chi connectivity index (χ3v) is 4.56. The van der Waals surface area contributed by atoms with Crippen LogP contribution in [0.5, 0.6) is 0 Å². The number of aliphatic hydroxyl groups is 1. The third-order valence-electron chi connectivity index (χ3n) is 4.56. The summed E-state index contributed by atoms with van der Waals surface area (Å²) in [4.78, 5) is 15.3. The fraction of sp³-hybridized carbons (Fsp3) is 0.562. The zero-order chi connectivity index (χ0) is 15.0. The Morgan fingerprint density at radius 3 is 3.14 bits per heavy atom. The smallest absolute Gasteiger partial charge is 0.267 e. The molecule has 1 aliphatic carbocycles. The monoisotopic (exact) mass is 289 g/mol. The summed E-state index contributed by atoms with van der Waals surface area (Å²) in [6.07, 6.45) is 5.68. The molecular weight excluding hydrogens is 266 g/mol. The van der Waals surface area contributed by atoms with Crippen LogP contribution in [-0.2, 0) is 7.05 Å². The number of hydrogen-bond acceptors (Lipinski definition) is 2. The lowest BCUT2D eigenvalue weighted by atomic mass is 9.79. The molecular formula is C16H23N3O2. The summed E-state index contributed by atoms with van der Waals surface area (Å²) in [5.41, 5.74) is 1.75. The van der Waals surface area contributed by atoms with Crippen molar-refractivity contribution in [2.75, 3.05) is 6.54 Å². The van der Waals surface area contributed by atoms with Crippen LogP contribution in [0.1, 0.15) is 43.1 Å². The van der Waals surface area contributed by atoms with E-state index in [1.54, 1.807) is 0 Å². The number of carbonyl (C=O) groups is 1. The van der Waals surface area contributed by atoms with Crippen molar-refractivity contribution in [3.63, 3.8) is 0 Å². The molecule has 2 aromatic heterocycles. The Morgan fingerprint density at radius 1 is 1.62 bits per heavy atom. The maximum Gasteiger partial charge on any atom is 0.267 e. The normalized spacial score (nSPS) is 26.1. The van der Waals surface area contributed by atoms with Gasteiger partial charge in [0.05, 0.1) is 16.6 Å². The van der Waals surface area contributed by atoms with E-state index in [0.29, 0.717) is 18.2 Å². The van der Waals surface area contributed by atoms with E-state index in [0.717, 1.165) is 36.7 Å². The molecule has 1 saturated carbocycles. The minimum atomic E-state index is -0.751. The molecule has 0 spiro atoms. The molecule has 2 heterocycles. The number of aromatic amines is 1. The predicted molar refractivity (Wildman–Crippen MR) is 82.2 cm³/mol. The average Bonchev–Trinajstić information content (AvgIpc) is 2.99. The number of carbonyl (C=O) groups excluding carboxylic acids is 1. The number of aryl methyl sites for hydroxylation is 1. The molecule has 21 heavy (non-hydrogen) atoms. The van der Waals surface area contributed by atoms with E-state index in [-0.39, 0.29) is 5.91 Å². The molecule has 2 atom stereocenters. The van der Waals surface area contributed by atoms with Crippen LogP contribution in [0.3, 0.4) is 0 Å². The fourth-order valence-corrected chi connectivity index (χ4v) is 3.40. The molecule has 1 amide bonds. The van der Waals surface area contributed by atoms with Crippen molar-refractivity contribution in [1.82, 2.24) is 14.9 Å². The van der Waals surface area contributed by atoms with Gasteiger partial charge in [0.2, 0.25) is 0 Å². The van der Waals surface area contributed by atoms with Gasteiger partial charge in [-0.1, -0.05) is 19.8 Å². The average molecular weight is 289 g/mol. The fourth-order valence-electron chi connectivity index (χ4n) is 3.40. The molecule has 114 valence electrons. The van der Waals surface area contributed by atoms with Gasteiger partial charge in [0.15, 0.2) is 0 Å². The summed E-state index contributed by atoms with van der Waals surface area (Å²) in [5.74, 6) is 0.367. The van der Waals surface area contributed by atoms with E-state index in [1.807, 2.05) is 29.9 Å². The molecule has 0 saturated heterocycles. The van der Waals surface area contributed by atoms with Crippen molar-refractivity contribution >= 4 is 16.9 Å². The maximum absolute atomic E-state index is 12.2. The van der Waals surface area contributed by atoms with Crippen molar-refractivity contribution in [2.45, 2.75) is 38.2 Å². The zero-order valence-corrected chi connectivity index (χ0v) is 12.6. The van der Waals surface area contributed by atoms with Gasteiger partial charge in [0.1, 0.15) is 5.69 Å². The molecule has 2 aromatic rings. The topological polar surface area (TPSA) is 70.0 Å². The van der Waals surface area contributed by atoms with Crippen LogP contribution in [0.4, 0.5) is 0 Å². The Hall–Kier alpha value is -1.75. The Morgan fingerprint density at radius 2 is 2.43 bits per heavy atom. The Labute approximate surface area is 124 Å². The first-order valence-corrected chi connectivity index (χ1v) is 7.61. The molecule has 0 bridgehead atoms. The van der Waals surface area contributed by atoms with Crippen LogP contribution >= 0.6 is 0 Å². The van der Waals surface area contributed by atoms with E-state index in [2.05, 4.69) is 17.2 Å². The summed E-state index contributed by atoms with van der Waals surface area (Å²) >= 11 is 0. The van der Waals surface area contributed by atoms with Gasteiger partial charge in [0.25, 0.3) is 5.91 Å². The summed E-state index contributed by atoms with van der Waals surface area (Å²) < 4.78 is 1.97. The van der Waals surface area contributed by atoms with E-state index in [4.69, 9.17) is 0 Å². The lowest BCUT2D eigenvalue weighted by Crippen LogP contribution is -2.45. The van der Waals surface area contributed by atoms with Gasteiger partial charge in [-0.25, -0.2) is 0 Å². The van der Waals surface area contributed by atoms with Crippen molar-refractivity contribution in [2.24, 2.45) is 13.0 Å². The molecule has 0 aromatic carbocycles. The van der Waals surface area contributed by atoms with Gasteiger partial charge in [0, 0.05) is 19.8 Å². The van der Waals surface area contributed by atoms with Gasteiger partial charge in [-0.3, -0.25) is 4.79 Å². The minimum Gasteiger partial charge on any atom is -0.388 e. The molecule has 1 fully saturated rings. The van der Waals surface area contributed by atoms with Crippen LogP contribution in [0.15, 0.2) is 18.3 Å². The third kappa shape index (κ3) is 2.83. The Bertz CT molecular complexity index is 658. The lowest BCUT2D eigenvalue weighted by Gasteiger charge is -2.35. The first-order valence-electron chi connectivity index (χ1n) is 7.61. The van der Waals surface area contributed by atoms with E-state index in [1.165, 1.54) is 0 Å².